The van der Waals surface area contributed by atoms with Gasteiger partial charge in [-0.2, -0.15) is 0 Å². The first-order valence-corrected chi connectivity index (χ1v) is 7.90. The van der Waals surface area contributed by atoms with Crippen LogP contribution in [0.25, 0.3) is 0 Å². The zero-order chi connectivity index (χ0) is 16.9. The summed E-state index contributed by atoms with van der Waals surface area (Å²) in [5.74, 6) is -0.245. The fourth-order valence-electron chi connectivity index (χ4n) is 2.16. The van der Waals surface area contributed by atoms with Crippen LogP contribution in [0, 0.1) is 0 Å². The maximum Gasteiger partial charge on any atom is 0.251 e. The number of carbonyl (C=O) groups is 1. The van der Waals surface area contributed by atoms with Crippen molar-refractivity contribution in [2.45, 2.75) is 32.2 Å². The third-order valence-corrected chi connectivity index (χ3v) is 3.68. The van der Waals surface area contributed by atoms with Gasteiger partial charge in [0.2, 0.25) is 0 Å². The number of amides is 1. The third kappa shape index (κ3) is 5.34. The van der Waals surface area contributed by atoms with Gasteiger partial charge in [0, 0.05) is 22.5 Å². The molecule has 0 aliphatic carbocycles. The summed E-state index contributed by atoms with van der Waals surface area (Å²) < 4.78 is 0. The minimum atomic E-state index is -0.673. The van der Waals surface area contributed by atoms with E-state index in [2.05, 4.69) is 10.3 Å². The van der Waals surface area contributed by atoms with Crippen LogP contribution < -0.4 is 5.32 Å². The molecule has 23 heavy (non-hydrogen) atoms. The molecule has 1 heterocycles. The molecular weight excluding hydrogens is 312 g/mol. The summed E-state index contributed by atoms with van der Waals surface area (Å²) in [7, 11) is 0. The van der Waals surface area contributed by atoms with E-state index in [0.29, 0.717) is 10.6 Å². The Morgan fingerprint density at radius 3 is 2.70 bits per heavy atom. The van der Waals surface area contributed by atoms with Crippen LogP contribution >= 0.6 is 11.6 Å². The Kier molecular flexibility index (Phi) is 5.74. The SMILES string of the molecule is CC(C)(CO)NC(=O)c1cc(Cl)cc(CCc2ccccn2)c1. The highest BCUT2D eigenvalue weighted by molar-refractivity contribution is 6.31. The third-order valence-electron chi connectivity index (χ3n) is 3.46. The lowest BCUT2D eigenvalue weighted by Crippen LogP contribution is -2.46. The van der Waals surface area contributed by atoms with Crippen LogP contribution in [0.2, 0.25) is 5.02 Å². The van der Waals surface area contributed by atoms with E-state index in [1.165, 1.54) is 0 Å². The molecular formula is C18H21ClN2O2. The maximum absolute atomic E-state index is 12.3. The molecule has 0 unspecified atom stereocenters. The normalized spacial score (nSPS) is 11.3. The van der Waals surface area contributed by atoms with Crippen molar-refractivity contribution in [2.75, 3.05) is 6.61 Å². The first-order chi connectivity index (χ1) is 10.9. The zero-order valence-electron chi connectivity index (χ0n) is 13.3. The minimum Gasteiger partial charge on any atom is -0.394 e. The molecule has 4 nitrogen and oxygen atoms in total. The van der Waals surface area contributed by atoms with Crippen LogP contribution in [0.3, 0.4) is 0 Å². The Morgan fingerprint density at radius 2 is 2.04 bits per heavy atom. The topological polar surface area (TPSA) is 62.2 Å². The average molecular weight is 333 g/mol. The van der Waals surface area contributed by atoms with Crippen LogP contribution in [-0.2, 0) is 12.8 Å². The summed E-state index contributed by atoms with van der Waals surface area (Å²) in [6, 6.07) is 11.1. The highest BCUT2D eigenvalue weighted by Gasteiger charge is 2.20. The molecule has 0 saturated carbocycles. The lowest BCUT2D eigenvalue weighted by Gasteiger charge is -2.23. The second-order valence-corrected chi connectivity index (χ2v) is 6.60. The first kappa shape index (κ1) is 17.4. The molecule has 0 bridgehead atoms. The second-order valence-electron chi connectivity index (χ2n) is 6.17. The number of benzene rings is 1. The van der Waals surface area contributed by atoms with Gasteiger partial charge in [-0.05, 0) is 62.6 Å². The fourth-order valence-corrected chi connectivity index (χ4v) is 2.42. The van der Waals surface area contributed by atoms with Gasteiger partial charge >= 0.3 is 0 Å². The Balaban J connectivity index is 2.11. The van der Waals surface area contributed by atoms with Gasteiger partial charge in [0.15, 0.2) is 0 Å². The number of hydrogen-bond donors (Lipinski definition) is 2. The number of nitrogens with one attached hydrogen (secondary N) is 1. The van der Waals surface area contributed by atoms with Gasteiger partial charge in [0.25, 0.3) is 5.91 Å². The van der Waals surface area contributed by atoms with E-state index in [-0.39, 0.29) is 12.5 Å². The van der Waals surface area contributed by atoms with Crippen LogP contribution in [0.1, 0.15) is 35.5 Å². The Morgan fingerprint density at radius 1 is 1.26 bits per heavy atom. The highest BCUT2D eigenvalue weighted by atomic mass is 35.5. The van der Waals surface area contributed by atoms with Crippen LogP contribution in [-0.4, -0.2) is 28.1 Å². The summed E-state index contributed by atoms with van der Waals surface area (Å²) >= 11 is 6.14. The molecule has 1 amide bonds. The molecule has 1 aromatic heterocycles. The Bertz CT molecular complexity index is 672. The highest BCUT2D eigenvalue weighted by Crippen LogP contribution is 2.17. The van der Waals surface area contributed by atoms with E-state index in [1.807, 2.05) is 30.3 Å². The van der Waals surface area contributed by atoms with Crippen LogP contribution in [0.15, 0.2) is 42.6 Å². The van der Waals surface area contributed by atoms with E-state index < -0.39 is 5.54 Å². The van der Waals surface area contributed by atoms with Gasteiger partial charge in [0.05, 0.1) is 12.1 Å². The number of rotatable bonds is 6. The van der Waals surface area contributed by atoms with Crippen molar-refractivity contribution in [3.63, 3.8) is 0 Å². The molecule has 0 atom stereocenters. The van der Waals surface area contributed by atoms with E-state index in [4.69, 9.17) is 11.6 Å². The van der Waals surface area contributed by atoms with Crippen molar-refractivity contribution in [2.24, 2.45) is 0 Å². The predicted molar refractivity (Wildman–Crippen MR) is 91.7 cm³/mol. The van der Waals surface area contributed by atoms with Crippen molar-refractivity contribution >= 4 is 17.5 Å². The summed E-state index contributed by atoms with van der Waals surface area (Å²) in [6.07, 6.45) is 3.30. The minimum absolute atomic E-state index is 0.133. The maximum atomic E-state index is 12.3. The van der Waals surface area contributed by atoms with Crippen molar-refractivity contribution in [3.05, 3.63) is 64.4 Å². The largest absolute Gasteiger partial charge is 0.394 e. The van der Waals surface area contributed by atoms with Crippen molar-refractivity contribution in [3.8, 4) is 0 Å². The van der Waals surface area contributed by atoms with E-state index in [1.54, 1.807) is 26.1 Å². The standard InChI is InChI=1S/C18H21ClN2O2/c1-18(2,12-22)21-17(23)14-9-13(10-15(19)11-14)6-7-16-5-3-4-8-20-16/h3-5,8-11,22H,6-7,12H2,1-2H3,(H,21,23). The van der Waals surface area contributed by atoms with Gasteiger partial charge in [0.1, 0.15) is 0 Å². The monoisotopic (exact) mass is 332 g/mol. The Labute approximate surface area is 141 Å². The van der Waals surface area contributed by atoms with Crippen LogP contribution in [0.5, 0.6) is 0 Å². The van der Waals surface area contributed by atoms with Gasteiger partial charge in [-0.15, -0.1) is 0 Å². The molecule has 2 N–H and O–H groups in total. The second kappa shape index (κ2) is 7.57. The summed E-state index contributed by atoms with van der Waals surface area (Å²) in [4.78, 5) is 16.6. The molecule has 0 fully saturated rings. The zero-order valence-corrected chi connectivity index (χ0v) is 14.1. The van der Waals surface area contributed by atoms with Gasteiger partial charge in [-0.25, -0.2) is 0 Å². The summed E-state index contributed by atoms with van der Waals surface area (Å²) in [5.41, 5.74) is 1.80. The van der Waals surface area contributed by atoms with Gasteiger partial charge in [-0.1, -0.05) is 17.7 Å². The quantitative estimate of drug-likeness (QED) is 0.854. The number of aliphatic hydroxyl groups excluding tert-OH is 1. The number of hydrogen-bond acceptors (Lipinski definition) is 3. The fraction of sp³-hybridized carbons (Fsp3) is 0.333. The molecule has 0 spiro atoms. The molecule has 2 rings (SSSR count). The molecule has 0 saturated heterocycles. The van der Waals surface area contributed by atoms with Crippen molar-refractivity contribution in [1.82, 2.24) is 10.3 Å². The van der Waals surface area contributed by atoms with Crippen molar-refractivity contribution in [1.29, 1.82) is 0 Å². The average Bonchev–Trinajstić information content (AvgIpc) is 2.53. The molecule has 0 aliphatic rings. The molecule has 5 heteroatoms. The van der Waals surface area contributed by atoms with E-state index in [0.717, 1.165) is 24.1 Å². The Hall–Kier alpha value is -1.91. The number of pyridine rings is 1. The lowest BCUT2D eigenvalue weighted by atomic mass is 10.0. The number of halogens is 1. The number of nitrogens with zero attached hydrogens (tertiary/aromatic N) is 1. The van der Waals surface area contributed by atoms with E-state index >= 15 is 0 Å². The molecule has 1 aromatic carbocycles. The van der Waals surface area contributed by atoms with E-state index in [9.17, 15) is 9.90 Å². The summed E-state index contributed by atoms with van der Waals surface area (Å²) in [6.45, 7) is 3.39. The molecule has 0 radical (unpaired) electrons. The smallest absolute Gasteiger partial charge is 0.251 e. The van der Waals surface area contributed by atoms with Gasteiger partial charge < -0.3 is 10.4 Å². The van der Waals surface area contributed by atoms with Crippen LogP contribution in [0.4, 0.5) is 0 Å². The first-order valence-electron chi connectivity index (χ1n) is 7.52. The number of carbonyl (C=O) groups excluding carboxylic acids is 1. The summed E-state index contributed by atoms with van der Waals surface area (Å²) in [5, 5.41) is 12.6. The molecule has 122 valence electrons. The predicted octanol–water partition coefficient (Wildman–Crippen LogP) is 3.02. The molecule has 2 aromatic rings. The van der Waals surface area contributed by atoms with Gasteiger partial charge in [-0.3, -0.25) is 9.78 Å². The molecule has 0 aliphatic heterocycles. The number of aryl methyl sites for hydroxylation is 2. The van der Waals surface area contributed by atoms with Crippen molar-refractivity contribution < 1.29 is 9.90 Å². The lowest BCUT2D eigenvalue weighted by molar-refractivity contribution is 0.0869. The number of aromatic nitrogens is 1. The number of aliphatic hydroxyl groups is 1.